The molecule has 2 aliphatic heterocycles. The molecule has 4 fully saturated rings. The number of benzene rings is 1. The maximum atomic E-state index is 17.2. The van der Waals surface area contributed by atoms with Crippen LogP contribution in [0, 0.1) is 17.3 Å². The highest BCUT2D eigenvalue weighted by Crippen LogP contribution is 2.72. The summed E-state index contributed by atoms with van der Waals surface area (Å²) in [6.07, 6.45) is 4.52. The van der Waals surface area contributed by atoms with Gasteiger partial charge in [0.25, 0.3) is 6.01 Å². The Kier molecular flexibility index (Phi) is 4.56. The summed E-state index contributed by atoms with van der Waals surface area (Å²) in [5.74, 6) is -0.374. The van der Waals surface area contributed by atoms with Gasteiger partial charge in [0.05, 0.1) is 17.8 Å². The number of oxazole rings is 1. The molecule has 9 atom stereocenters. The van der Waals surface area contributed by atoms with E-state index in [0.717, 1.165) is 23.9 Å². The summed E-state index contributed by atoms with van der Waals surface area (Å²) in [5.41, 5.74) is 6.24. The number of nitrogens with two attached hydrogens (primary N) is 1. The van der Waals surface area contributed by atoms with E-state index in [1.54, 1.807) is 0 Å². The van der Waals surface area contributed by atoms with Gasteiger partial charge in [-0.3, -0.25) is 0 Å². The van der Waals surface area contributed by atoms with Crippen LogP contribution in [-0.2, 0) is 4.74 Å². The lowest BCUT2D eigenvalue weighted by molar-refractivity contribution is -0.314. The summed E-state index contributed by atoms with van der Waals surface area (Å²) in [7, 11) is 3.85. The minimum Gasteiger partial charge on any atom is -0.424 e. The van der Waals surface area contributed by atoms with Crippen molar-refractivity contribution >= 4 is 22.7 Å². The highest BCUT2D eigenvalue weighted by Gasteiger charge is 2.77. The van der Waals surface area contributed by atoms with Gasteiger partial charge in [0, 0.05) is 17.9 Å². The first-order chi connectivity index (χ1) is 17.0. The fourth-order valence-electron chi connectivity index (χ4n) is 9.12. The molecule has 36 heavy (non-hydrogen) atoms. The fraction of sp³-hybridized carbons (Fsp3) is 0.679. The summed E-state index contributed by atoms with van der Waals surface area (Å²) in [6, 6.07) is 5.93. The summed E-state index contributed by atoms with van der Waals surface area (Å²) < 4.78 is 29.7. The predicted molar refractivity (Wildman–Crippen MR) is 134 cm³/mol. The number of aliphatic hydroxyl groups is 2. The molecule has 2 aromatic rings. The van der Waals surface area contributed by atoms with Crippen molar-refractivity contribution in [1.29, 1.82) is 0 Å². The van der Waals surface area contributed by atoms with Gasteiger partial charge in [-0.1, -0.05) is 19.1 Å². The third-order valence-corrected chi connectivity index (χ3v) is 10.9. The summed E-state index contributed by atoms with van der Waals surface area (Å²) in [5, 5.41) is 22.1. The topological polar surface area (TPSA) is 105 Å². The van der Waals surface area contributed by atoms with Crippen molar-refractivity contribution in [3.05, 3.63) is 29.8 Å². The van der Waals surface area contributed by atoms with Crippen LogP contribution in [0.3, 0.4) is 0 Å². The molecule has 4 N–H and O–H groups in total. The lowest BCUT2D eigenvalue weighted by Crippen LogP contribution is -2.72. The first-order valence-electron chi connectivity index (χ1n) is 13.3. The second-order valence-corrected chi connectivity index (χ2v) is 12.6. The molecular weight excluding hydrogens is 461 g/mol. The molecule has 2 saturated heterocycles. The van der Waals surface area contributed by atoms with Crippen LogP contribution in [-0.4, -0.2) is 69.3 Å². The smallest absolute Gasteiger partial charge is 0.292 e. The van der Waals surface area contributed by atoms with Gasteiger partial charge in [-0.2, -0.15) is 4.98 Å². The molecule has 194 valence electrons. The molecule has 3 aliphatic carbocycles. The van der Waals surface area contributed by atoms with E-state index in [2.05, 4.69) is 24.1 Å². The molecule has 1 aromatic carbocycles. The minimum atomic E-state index is -1.51. The van der Waals surface area contributed by atoms with Crippen LogP contribution in [0.1, 0.15) is 57.4 Å². The Morgan fingerprint density at radius 3 is 2.69 bits per heavy atom. The van der Waals surface area contributed by atoms with E-state index in [9.17, 15) is 10.2 Å². The number of aliphatic hydroxyl groups excluding tert-OH is 2. The molecule has 7 nitrogen and oxygen atoms in total. The average Bonchev–Trinajstić information content (AvgIpc) is 3.49. The molecule has 2 spiro atoms. The van der Waals surface area contributed by atoms with Crippen molar-refractivity contribution in [2.45, 2.75) is 87.0 Å². The molecule has 0 amide bonds. The second kappa shape index (κ2) is 7.10. The molecule has 7 rings (SSSR count). The third kappa shape index (κ3) is 2.69. The number of hydrogen-bond acceptors (Lipinski definition) is 7. The van der Waals surface area contributed by atoms with Crippen LogP contribution in [0.15, 0.2) is 28.7 Å². The highest BCUT2D eigenvalue weighted by molar-refractivity contribution is 5.82. The quantitative estimate of drug-likeness (QED) is 0.581. The molecule has 3 heterocycles. The number of nitrogen functional groups attached to an aromatic ring is 1. The standard InChI is InChI=1S/C28H36FN3O4/c1-25-8-10-27(29)13-17-22(33)23(34)19(32(2)3)14-26(17)9-11-28(27,36-26)21(25)7-5-16(25)15-4-6-20-18(12-15)31-24(30)35-20/h4-6,12,17,19,21-23,33-34H,7-11,13-14H2,1-3H3,(H2,30,31)/t17?,19-,21?,22+,23+,25+,26+,27?,28-/m0/s1. The van der Waals surface area contributed by atoms with Gasteiger partial charge in [-0.05, 0) is 87.7 Å². The molecular formula is C28H36FN3O4. The van der Waals surface area contributed by atoms with E-state index >= 15 is 4.39 Å². The predicted octanol–water partition coefficient (Wildman–Crippen LogP) is 3.69. The van der Waals surface area contributed by atoms with Crippen molar-refractivity contribution in [3.63, 3.8) is 0 Å². The van der Waals surface area contributed by atoms with E-state index in [4.69, 9.17) is 14.9 Å². The van der Waals surface area contributed by atoms with Crippen LogP contribution >= 0.6 is 0 Å². The molecule has 8 heteroatoms. The van der Waals surface area contributed by atoms with Gasteiger partial charge in [0.2, 0.25) is 0 Å². The van der Waals surface area contributed by atoms with Crippen LogP contribution in [0.5, 0.6) is 0 Å². The summed E-state index contributed by atoms with van der Waals surface area (Å²) in [4.78, 5) is 6.28. The van der Waals surface area contributed by atoms with Crippen LogP contribution in [0.25, 0.3) is 16.7 Å². The number of nitrogens with zero attached hydrogens (tertiary/aromatic N) is 2. The van der Waals surface area contributed by atoms with Crippen molar-refractivity contribution in [2.24, 2.45) is 17.3 Å². The first-order valence-corrected chi connectivity index (χ1v) is 13.3. The maximum absolute atomic E-state index is 17.2. The van der Waals surface area contributed by atoms with Crippen LogP contribution in [0.2, 0.25) is 0 Å². The zero-order valence-electron chi connectivity index (χ0n) is 21.2. The number of halogens is 1. The molecule has 2 bridgehead atoms. The van der Waals surface area contributed by atoms with Crippen molar-refractivity contribution in [2.75, 3.05) is 19.8 Å². The number of hydrogen-bond donors (Lipinski definition) is 3. The molecule has 2 saturated carbocycles. The number of allylic oxidation sites excluding steroid dienone is 2. The lowest BCUT2D eigenvalue weighted by Gasteiger charge is -2.64. The van der Waals surface area contributed by atoms with E-state index in [1.807, 2.05) is 31.1 Å². The first kappa shape index (κ1) is 23.1. The summed E-state index contributed by atoms with van der Waals surface area (Å²) >= 11 is 0. The van der Waals surface area contributed by atoms with Gasteiger partial charge >= 0.3 is 0 Å². The Morgan fingerprint density at radius 1 is 1.11 bits per heavy atom. The second-order valence-electron chi connectivity index (χ2n) is 12.6. The van der Waals surface area contributed by atoms with E-state index in [-0.39, 0.29) is 35.7 Å². The number of anilines is 1. The Balaban J connectivity index is 1.27. The number of rotatable bonds is 2. The monoisotopic (exact) mass is 497 g/mol. The number of alkyl halides is 1. The lowest BCUT2D eigenvalue weighted by atomic mass is 9.51. The van der Waals surface area contributed by atoms with Crippen molar-refractivity contribution in [1.82, 2.24) is 9.88 Å². The van der Waals surface area contributed by atoms with Crippen molar-refractivity contribution in [3.8, 4) is 0 Å². The van der Waals surface area contributed by atoms with Crippen LogP contribution < -0.4 is 5.73 Å². The number of aromatic nitrogens is 1. The van der Waals surface area contributed by atoms with Crippen molar-refractivity contribution < 1.29 is 23.8 Å². The molecule has 5 aliphatic rings. The van der Waals surface area contributed by atoms with Gasteiger partial charge in [-0.15, -0.1) is 0 Å². The van der Waals surface area contributed by atoms with Crippen LogP contribution in [0.4, 0.5) is 10.4 Å². The SMILES string of the molecule is CN(C)[C@H]1C[C@@]23CC[C@]4(O2)C2CC=C(c5ccc6oc(N)nc6c5)[C@@]2(C)CCC4(F)CC3[C@@H](O)[C@@H]1O. The largest absolute Gasteiger partial charge is 0.424 e. The average molecular weight is 498 g/mol. The molecule has 1 aromatic heterocycles. The minimum absolute atomic E-state index is 0.0129. The zero-order chi connectivity index (χ0) is 25.3. The third-order valence-electron chi connectivity index (χ3n) is 10.9. The zero-order valence-corrected chi connectivity index (χ0v) is 21.2. The number of likely N-dealkylation sites (N-methyl/N-ethyl adjacent to an activating group) is 1. The van der Waals surface area contributed by atoms with Gasteiger partial charge in [0.1, 0.15) is 16.8 Å². The highest BCUT2D eigenvalue weighted by atomic mass is 19.1. The normalized spacial score (nSPS) is 47.5. The summed E-state index contributed by atoms with van der Waals surface area (Å²) in [6.45, 7) is 2.27. The van der Waals surface area contributed by atoms with E-state index < -0.39 is 29.1 Å². The number of ether oxygens (including phenoxy) is 1. The maximum Gasteiger partial charge on any atom is 0.292 e. The Morgan fingerprint density at radius 2 is 1.92 bits per heavy atom. The van der Waals surface area contributed by atoms with Gasteiger partial charge in [-0.25, -0.2) is 4.39 Å². The Hall–Kier alpha value is -2.00. The van der Waals surface area contributed by atoms with Gasteiger partial charge < -0.3 is 30.0 Å². The number of fused-ring (bicyclic) bond motifs is 2. The van der Waals surface area contributed by atoms with E-state index in [0.29, 0.717) is 31.3 Å². The molecule has 3 unspecified atom stereocenters. The Labute approximate surface area is 210 Å². The molecule has 0 radical (unpaired) electrons. The van der Waals surface area contributed by atoms with Gasteiger partial charge in [0.15, 0.2) is 5.58 Å². The fourth-order valence-corrected chi connectivity index (χ4v) is 9.12. The Bertz CT molecular complexity index is 1280. The van der Waals surface area contributed by atoms with E-state index in [1.165, 1.54) is 5.57 Å².